The zero-order valence-corrected chi connectivity index (χ0v) is 22.9. The monoisotopic (exact) mass is 590 g/mol. The first-order valence-electron chi connectivity index (χ1n) is 12.3. The van der Waals surface area contributed by atoms with Crippen molar-refractivity contribution < 1.29 is 28.2 Å². The number of rotatable bonds is 14. The smallest absolute Gasteiger partial charge is 0.335 e. The van der Waals surface area contributed by atoms with E-state index in [2.05, 4.69) is 46.6 Å². The third-order valence-corrected chi connectivity index (χ3v) is 4.93. The van der Waals surface area contributed by atoms with E-state index in [1.807, 2.05) is 37.3 Å². The first kappa shape index (κ1) is 42.3. The van der Waals surface area contributed by atoms with Gasteiger partial charge in [-0.1, -0.05) is 103 Å². The number of ether oxygens (including phenoxy) is 2. The quantitative estimate of drug-likeness (QED) is 0.101. The van der Waals surface area contributed by atoms with Crippen molar-refractivity contribution in [3.8, 4) is 0 Å². The van der Waals surface area contributed by atoms with Crippen LogP contribution in [0.3, 0.4) is 0 Å². The Hall–Kier alpha value is -4.21. The van der Waals surface area contributed by atoms with Gasteiger partial charge in [-0.3, -0.25) is 0 Å². The number of aliphatic carboxylic acids is 1. The Labute approximate surface area is 247 Å². The topological polar surface area (TPSA) is 153 Å². The first-order chi connectivity index (χ1) is 19.2. The summed E-state index contributed by atoms with van der Waals surface area (Å²) in [5.41, 5.74) is 19.2. The Kier molecular flexibility index (Phi) is 27.2. The number of nitrogens with zero attached hydrogens (tertiary/aromatic N) is 6. The molecule has 12 heteroatoms. The van der Waals surface area contributed by atoms with Gasteiger partial charge in [-0.2, -0.15) is 0 Å². The van der Waals surface area contributed by atoms with Crippen molar-refractivity contribution in [1.29, 1.82) is 0 Å². The molecule has 42 heavy (non-hydrogen) atoms. The van der Waals surface area contributed by atoms with Crippen molar-refractivity contribution in [2.75, 3.05) is 13.1 Å². The molecule has 0 aliphatic carbocycles. The number of carbonyl (C=O) groups is 1. The Bertz CT molecular complexity index is 1110. The Morgan fingerprint density at radius 1 is 0.905 bits per heavy atom. The minimum Gasteiger partial charge on any atom is -0.479 e. The lowest BCUT2D eigenvalue weighted by Gasteiger charge is -2.16. The van der Waals surface area contributed by atoms with Crippen LogP contribution in [0, 0.1) is 0 Å². The number of halogens is 2. The fourth-order valence-corrected chi connectivity index (χ4v) is 2.61. The van der Waals surface area contributed by atoms with Crippen molar-refractivity contribution in [1.82, 2.24) is 0 Å². The molecule has 0 amide bonds. The normalized spacial score (nSPS) is 12.0. The highest BCUT2D eigenvalue weighted by atomic mass is 19.1. The fourth-order valence-electron chi connectivity index (χ4n) is 2.61. The van der Waals surface area contributed by atoms with E-state index in [4.69, 9.17) is 25.6 Å². The molecule has 2 aromatic rings. The van der Waals surface area contributed by atoms with Crippen molar-refractivity contribution in [3.05, 3.63) is 117 Å². The van der Waals surface area contributed by atoms with Crippen molar-refractivity contribution in [2.45, 2.75) is 73.4 Å². The summed E-state index contributed by atoms with van der Waals surface area (Å²) in [6, 6.07) is 18.2. The maximum Gasteiger partial charge on any atom is 0.335 e. The van der Waals surface area contributed by atoms with Crippen molar-refractivity contribution >= 4 is 5.97 Å². The largest absolute Gasteiger partial charge is 0.479 e. The molecule has 10 nitrogen and oxygen atoms in total. The number of carboxylic acids is 1. The molecule has 0 aliphatic rings. The summed E-state index contributed by atoms with van der Waals surface area (Å²) in [4.78, 5) is 15.7. The van der Waals surface area contributed by atoms with E-state index in [0.29, 0.717) is 6.61 Å². The molecule has 0 radical (unpaired) electrons. The summed E-state index contributed by atoms with van der Waals surface area (Å²) in [5, 5.41) is 15.0. The Morgan fingerprint density at radius 2 is 1.31 bits per heavy atom. The van der Waals surface area contributed by atoms with E-state index in [9.17, 15) is 13.6 Å². The van der Waals surface area contributed by atoms with E-state index in [1.54, 1.807) is 30.3 Å². The number of allylic oxidation sites excluding steroid dienone is 2. The number of hydrogen-bond donors (Lipinski definition) is 1. The lowest BCUT2D eigenvalue weighted by Crippen LogP contribution is -2.35. The Morgan fingerprint density at radius 3 is 1.67 bits per heavy atom. The molecular weight excluding hydrogens is 546 g/mol. The molecule has 0 saturated heterocycles. The summed E-state index contributed by atoms with van der Waals surface area (Å²) in [5.74, 6) is -1.42. The average Bonchev–Trinajstić information content (AvgIpc) is 2.97. The Balaban J connectivity index is -0.000000600. The van der Waals surface area contributed by atoms with Crippen LogP contribution in [0.5, 0.6) is 0 Å². The molecule has 4 atom stereocenters. The summed E-state index contributed by atoms with van der Waals surface area (Å²) >= 11 is 0. The fraction of sp³-hybridized carbons (Fsp3) is 0.433. The molecule has 0 saturated carbocycles. The maximum absolute atomic E-state index is 13.5. The highest BCUT2D eigenvalue weighted by Gasteiger charge is 2.28. The third kappa shape index (κ3) is 20.7. The van der Waals surface area contributed by atoms with Crippen molar-refractivity contribution in [3.63, 3.8) is 0 Å². The number of azide groups is 2. The molecule has 0 heterocycles. The average molecular weight is 591 g/mol. The van der Waals surface area contributed by atoms with Gasteiger partial charge in [0.05, 0.1) is 26.3 Å². The molecule has 0 spiro atoms. The maximum atomic E-state index is 13.5. The van der Waals surface area contributed by atoms with Crippen LogP contribution in [0.25, 0.3) is 20.9 Å². The first-order valence-corrected chi connectivity index (χ1v) is 12.3. The lowest BCUT2D eigenvalue weighted by atomic mass is 10.2. The summed E-state index contributed by atoms with van der Waals surface area (Å²) in [6.07, 6.45) is -2.19. The van der Waals surface area contributed by atoms with Gasteiger partial charge < -0.3 is 14.6 Å². The van der Waals surface area contributed by atoms with Crippen LogP contribution in [0.4, 0.5) is 8.78 Å². The van der Waals surface area contributed by atoms with Crippen LogP contribution < -0.4 is 0 Å². The predicted octanol–water partition coefficient (Wildman–Crippen LogP) is 8.96. The van der Waals surface area contributed by atoms with Crippen LogP contribution in [0.15, 0.2) is 95.2 Å². The van der Waals surface area contributed by atoms with Crippen LogP contribution >= 0.6 is 0 Å². The molecule has 1 N–H and O–H groups in total. The van der Waals surface area contributed by atoms with Gasteiger partial charge in [-0.15, -0.1) is 6.58 Å². The SMILES string of the molecule is C.C.C=C[C@@H](OCc1ccccc1)[C@H](F)CN=[N+]=[N-].CC=C(C)C.[N-]=[N+]=NC[C@@H](F)[C@H](OCc1ccccc1)C(=O)O. The highest BCUT2D eigenvalue weighted by molar-refractivity contribution is 5.73. The summed E-state index contributed by atoms with van der Waals surface area (Å²) in [6.45, 7) is 9.17. The minimum absolute atomic E-state index is 0. The number of benzene rings is 2. The van der Waals surface area contributed by atoms with Crippen LogP contribution in [0.2, 0.25) is 0 Å². The second-order valence-electron chi connectivity index (χ2n) is 8.28. The second kappa shape index (κ2) is 27.0. The summed E-state index contributed by atoms with van der Waals surface area (Å²) in [7, 11) is 0. The molecule has 0 aromatic heterocycles. The molecule has 2 aromatic carbocycles. The van der Waals surface area contributed by atoms with Crippen LogP contribution in [-0.2, 0) is 27.5 Å². The van der Waals surface area contributed by atoms with Crippen molar-refractivity contribution in [2.24, 2.45) is 10.2 Å². The molecule has 0 unspecified atom stereocenters. The van der Waals surface area contributed by atoms with Gasteiger partial charge in [0.25, 0.3) is 0 Å². The molecule has 0 aliphatic heterocycles. The van der Waals surface area contributed by atoms with Gasteiger partial charge in [0.1, 0.15) is 18.4 Å². The number of alkyl halides is 2. The second-order valence-corrected chi connectivity index (χ2v) is 8.28. The molecule has 0 bridgehead atoms. The van der Waals surface area contributed by atoms with E-state index >= 15 is 0 Å². The van der Waals surface area contributed by atoms with Gasteiger partial charge in [-0.25, -0.2) is 13.6 Å². The lowest BCUT2D eigenvalue weighted by molar-refractivity contribution is -0.155. The van der Waals surface area contributed by atoms with Gasteiger partial charge in [0, 0.05) is 9.82 Å². The molecule has 232 valence electrons. The number of carboxylic acid groups (broad SMARTS) is 1. The molecule has 0 fully saturated rings. The van der Waals surface area contributed by atoms with Gasteiger partial charge in [0.15, 0.2) is 6.10 Å². The molecular formula is C30H44F2N6O4. The standard InChI is InChI=1S/C12H14FN3O.C11H12FN3O3.C5H10.2CH4/c1-2-12(11(13)8-15-16-14)17-9-10-6-4-3-5-7-10;12-9(6-14-15-13)10(11(16)17)18-7-8-4-2-1-3-5-8;1-4-5(2)3;;/h2-7,11-12H,1,8-9H2;1-5,9-10H,6-7H2,(H,16,17);4H,1-3H3;2*1H4/t11-,12-;9-,10+;;;/m11.../s1. The third-order valence-electron chi connectivity index (χ3n) is 4.93. The van der Waals surface area contributed by atoms with E-state index in [0.717, 1.165) is 11.1 Å². The highest BCUT2D eigenvalue weighted by Crippen LogP contribution is 2.11. The summed E-state index contributed by atoms with van der Waals surface area (Å²) < 4.78 is 37.3. The van der Waals surface area contributed by atoms with Crippen LogP contribution in [-0.4, -0.2) is 48.7 Å². The minimum atomic E-state index is -1.87. The number of hydrogen-bond acceptors (Lipinski definition) is 5. The zero-order chi connectivity index (χ0) is 30.2. The van der Waals surface area contributed by atoms with Gasteiger partial charge >= 0.3 is 5.97 Å². The van der Waals surface area contributed by atoms with E-state index < -0.39 is 37.1 Å². The predicted molar refractivity (Wildman–Crippen MR) is 164 cm³/mol. The van der Waals surface area contributed by atoms with Gasteiger partial charge in [0.2, 0.25) is 0 Å². The van der Waals surface area contributed by atoms with E-state index in [1.165, 1.54) is 11.6 Å². The van der Waals surface area contributed by atoms with Crippen LogP contribution in [0.1, 0.15) is 46.8 Å². The van der Waals surface area contributed by atoms with E-state index in [-0.39, 0.29) is 28.0 Å². The zero-order valence-electron chi connectivity index (χ0n) is 22.9. The molecule has 2 rings (SSSR count). The van der Waals surface area contributed by atoms with Gasteiger partial charge in [-0.05, 0) is 43.0 Å².